The summed E-state index contributed by atoms with van der Waals surface area (Å²) in [5.74, 6) is 0.285. The van der Waals surface area contributed by atoms with Crippen molar-refractivity contribution in [3.05, 3.63) is 36.2 Å². The van der Waals surface area contributed by atoms with Crippen LogP contribution in [0.5, 0.6) is 0 Å². The molecule has 0 aromatic heterocycles. The number of anilines is 1. The van der Waals surface area contributed by atoms with E-state index in [4.69, 9.17) is 15.3 Å². The van der Waals surface area contributed by atoms with E-state index < -0.39 is 16.2 Å². The van der Waals surface area contributed by atoms with E-state index in [9.17, 15) is 8.42 Å². The van der Waals surface area contributed by atoms with Gasteiger partial charge in [-0.05, 0) is 24.3 Å². The van der Waals surface area contributed by atoms with E-state index in [0.29, 0.717) is 5.69 Å². The molecule has 0 fully saturated rings. The number of benzene rings is 1. The monoisotopic (exact) mass is 312 g/mol. The van der Waals surface area contributed by atoms with Crippen LogP contribution in [0.1, 0.15) is 0 Å². The van der Waals surface area contributed by atoms with Gasteiger partial charge in [0.05, 0.1) is 19.1 Å². The van der Waals surface area contributed by atoms with Crippen LogP contribution in [0.3, 0.4) is 0 Å². The van der Waals surface area contributed by atoms with Crippen molar-refractivity contribution in [3.8, 4) is 0 Å². The van der Waals surface area contributed by atoms with Gasteiger partial charge in [0.15, 0.2) is 0 Å². The molecule has 0 saturated carbocycles. The van der Waals surface area contributed by atoms with Gasteiger partial charge in [-0.1, -0.05) is 0 Å². The number of hydrogen-bond donors (Lipinski definition) is 2. The summed E-state index contributed by atoms with van der Waals surface area (Å²) in [5.41, 5.74) is 6.03. The smallest absolute Gasteiger partial charge is 0.242 e. The Morgan fingerprint density at radius 2 is 1.95 bits per heavy atom. The van der Waals surface area contributed by atoms with Crippen molar-refractivity contribution in [1.29, 1.82) is 0 Å². The second-order valence-corrected chi connectivity index (χ2v) is 5.85. The van der Waals surface area contributed by atoms with E-state index >= 15 is 0 Å². The van der Waals surface area contributed by atoms with Crippen LogP contribution < -0.4 is 10.5 Å². The first-order valence-electron chi connectivity index (χ1n) is 5.96. The van der Waals surface area contributed by atoms with Crippen molar-refractivity contribution in [2.45, 2.75) is 11.1 Å². The minimum atomic E-state index is -3.74. The molecule has 0 spiro atoms. The van der Waals surface area contributed by atoms with Gasteiger partial charge in [-0.3, -0.25) is 4.84 Å². The van der Waals surface area contributed by atoms with E-state index in [1.54, 1.807) is 0 Å². The molecule has 8 nitrogen and oxygen atoms in total. The lowest BCUT2D eigenvalue weighted by Gasteiger charge is -2.28. The summed E-state index contributed by atoms with van der Waals surface area (Å²) >= 11 is 0. The normalized spacial score (nSPS) is 18.5. The van der Waals surface area contributed by atoms with Crippen LogP contribution in [-0.2, 0) is 19.6 Å². The summed E-state index contributed by atoms with van der Waals surface area (Å²) in [7, 11) is -0.894. The van der Waals surface area contributed by atoms with E-state index in [-0.39, 0.29) is 10.8 Å². The Labute approximate surface area is 122 Å². The Morgan fingerprint density at radius 1 is 1.29 bits per heavy atom. The number of rotatable bonds is 5. The van der Waals surface area contributed by atoms with Crippen molar-refractivity contribution in [1.82, 2.24) is 9.79 Å². The molecule has 114 valence electrons. The van der Waals surface area contributed by atoms with Crippen molar-refractivity contribution in [2.75, 3.05) is 20.0 Å². The molecule has 0 saturated heterocycles. The molecular weight excluding hydrogens is 296 g/mol. The first-order chi connectivity index (χ1) is 9.96. The first kappa shape index (κ1) is 15.3. The van der Waals surface area contributed by atoms with Crippen LogP contribution in [0.15, 0.2) is 46.1 Å². The Bertz CT molecular complexity index is 654. The lowest BCUT2D eigenvalue weighted by molar-refractivity contribution is -0.0849. The average molecular weight is 312 g/mol. The largest absolute Gasteiger partial charge is 0.481 e. The van der Waals surface area contributed by atoms with Gasteiger partial charge >= 0.3 is 0 Å². The molecule has 1 aromatic carbocycles. The van der Waals surface area contributed by atoms with Crippen LogP contribution in [0.2, 0.25) is 0 Å². The predicted molar refractivity (Wildman–Crippen MR) is 77.4 cm³/mol. The van der Waals surface area contributed by atoms with Crippen LogP contribution in [0.25, 0.3) is 0 Å². The fraction of sp³-hybridized carbons (Fsp3) is 0.250. The van der Waals surface area contributed by atoms with Gasteiger partial charge in [-0.25, -0.2) is 18.5 Å². The molecule has 1 unspecified atom stereocenters. The van der Waals surface area contributed by atoms with E-state index in [2.05, 4.69) is 9.71 Å². The molecule has 2 rings (SSSR count). The van der Waals surface area contributed by atoms with Gasteiger partial charge in [0, 0.05) is 11.8 Å². The molecule has 1 aliphatic heterocycles. The molecule has 0 radical (unpaired) electrons. The molecule has 0 aliphatic carbocycles. The number of methoxy groups -OCH3 is 1. The third-order valence-electron chi connectivity index (χ3n) is 2.76. The Morgan fingerprint density at radius 3 is 2.52 bits per heavy atom. The lowest BCUT2D eigenvalue weighted by Crippen LogP contribution is -2.47. The number of aliphatic imine (C=N–C) groups is 1. The zero-order valence-electron chi connectivity index (χ0n) is 11.6. The highest BCUT2D eigenvalue weighted by molar-refractivity contribution is 7.89. The van der Waals surface area contributed by atoms with Crippen molar-refractivity contribution < 1.29 is 18.0 Å². The van der Waals surface area contributed by atoms with Crippen molar-refractivity contribution >= 4 is 22.0 Å². The Balaban J connectivity index is 2.24. The SMILES string of the molecule is COC1=CC(NS(=O)(=O)c2ccc(N)cc2)N(OC)C=N1. The molecule has 0 amide bonds. The van der Waals surface area contributed by atoms with Gasteiger partial charge in [-0.2, -0.15) is 4.72 Å². The number of ether oxygens (including phenoxy) is 1. The van der Waals surface area contributed by atoms with Gasteiger partial charge in [-0.15, -0.1) is 0 Å². The summed E-state index contributed by atoms with van der Waals surface area (Å²) in [6, 6.07) is 5.88. The molecule has 1 aromatic rings. The molecular formula is C12H16N4O4S. The first-order valence-corrected chi connectivity index (χ1v) is 7.45. The maximum Gasteiger partial charge on any atom is 0.242 e. The van der Waals surface area contributed by atoms with Crippen LogP contribution >= 0.6 is 0 Å². The number of nitrogens with zero attached hydrogens (tertiary/aromatic N) is 2. The predicted octanol–water partition coefficient (Wildman–Crippen LogP) is 0.266. The maximum atomic E-state index is 12.3. The fourth-order valence-corrected chi connectivity index (χ4v) is 2.80. The number of nitrogen functional groups attached to an aromatic ring is 1. The standard InChI is InChI=1S/C12H16N4O4S/c1-19-12-7-11(16(20-2)8-14-12)15-21(17,18)10-5-3-9(13)4-6-10/h3-8,11,15H,13H2,1-2H3. The topological polar surface area (TPSA) is 106 Å². The third kappa shape index (κ3) is 3.51. The Hall–Kier alpha value is -2.10. The number of nitrogens with two attached hydrogens (primary N) is 1. The quantitative estimate of drug-likeness (QED) is 0.756. The summed E-state index contributed by atoms with van der Waals surface area (Å²) < 4.78 is 32.1. The Kier molecular flexibility index (Phi) is 4.46. The molecule has 21 heavy (non-hydrogen) atoms. The minimum Gasteiger partial charge on any atom is -0.481 e. The number of sulfonamides is 1. The van der Waals surface area contributed by atoms with Gasteiger partial charge in [0.1, 0.15) is 12.5 Å². The van der Waals surface area contributed by atoms with Gasteiger partial charge in [0.25, 0.3) is 0 Å². The van der Waals surface area contributed by atoms with Gasteiger partial charge < -0.3 is 10.5 Å². The number of hydroxylamine groups is 2. The molecule has 1 atom stereocenters. The van der Waals surface area contributed by atoms with Gasteiger partial charge in [0.2, 0.25) is 15.9 Å². The third-order valence-corrected chi connectivity index (χ3v) is 4.20. The summed E-state index contributed by atoms with van der Waals surface area (Å²) in [6.07, 6.45) is 2.04. The minimum absolute atomic E-state index is 0.0997. The zero-order chi connectivity index (χ0) is 15.5. The maximum absolute atomic E-state index is 12.3. The van der Waals surface area contributed by atoms with Crippen LogP contribution in [0.4, 0.5) is 5.69 Å². The highest BCUT2D eigenvalue weighted by Crippen LogP contribution is 2.15. The van der Waals surface area contributed by atoms with Crippen LogP contribution in [-0.4, -0.2) is 40.2 Å². The lowest BCUT2D eigenvalue weighted by atomic mass is 10.3. The molecule has 1 aliphatic rings. The van der Waals surface area contributed by atoms with Crippen molar-refractivity contribution in [2.24, 2.45) is 4.99 Å². The summed E-state index contributed by atoms with van der Waals surface area (Å²) in [4.78, 5) is 9.06. The molecule has 9 heteroatoms. The summed E-state index contributed by atoms with van der Waals surface area (Å²) in [5, 5.41) is 1.25. The molecule has 3 N–H and O–H groups in total. The van der Waals surface area contributed by atoms with E-state index in [0.717, 1.165) is 0 Å². The number of nitrogens with one attached hydrogen (secondary N) is 1. The zero-order valence-corrected chi connectivity index (χ0v) is 12.4. The fourth-order valence-electron chi connectivity index (χ4n) is 1.68. The van der Waals surface area contributed by atoms with E-state index in [1.165, 1.54) is 56.0 Å². The molecule has 1 heterocycles. The molecule has 0 bridgehead atoms. The summed E-state index contributed by atoms with van der Waals surface area (Å²) in [6.45, 7) is 0. The van der Waals surface area contributed by atoms with E-state index in [1.807, 2.05) is 0 Å². The second-order valence-electron chi connectivity index (χ2n) is 4.13. The highest BCUT2D eigenvalue weighted by Gasteiger charge is 2.25. The van der Waals surface area contributed by atoms with Crippen molar-refractivity contribution in [3.63, 3.8) is 0 Å². The van der Waals surface area contributed by atoms with Crippen LogP contribution in [0, 0.1) is 0 Å². The number of hydrogen-bond acceptors (Lipinski definition) is 7. The second kappa shape index (κ2) is 6.12. The highest BCUT2D eigenvalue weighted by atomic mass is 32.2. The average Bonchev–Trinajstić information content (AvgIpc) is 2.47.